The zero-order valence-corrected chi connectivity index (χ0v) is 18.4. The van der Waals surface area contributed by atoms with Gasteiger partial charge in [0.2, 0.25) is 0 Å². The van der Waals surface area contributed by atoms with Gasteiger partial charge in [-0.1, -0.05) is 103 Å². The predicted molar refractivity (Wildman–Crippen MR) is 117 cm³/mol. The minimum Gasteiger partial charge on any atom is -0.392 e. The lowest BCUT2D eigenvalue weighted by molar-refractivity contribution is -0.160. The van der Waals surface area contributed by atoms with Crippen molar-refractivity contribution in [3.63, 3.8) is 0 Å². The normalized spacial score (nSPS) is 12.1. The SMILES string of the molecule is CCCCCCCCCCCCCCCCCCC(=O)OC(=O)[C@@H](N)CS. The summed E-state index contributed by atoms with van der Waals surface area (Å²) < 4.78 is 4.68. The molecule has 0 unspecified atom stereocenters. The van der Waals surface area contributed by atoms with Gasteiger partial charge >= 0.3 is 11.9 Å². The monoisotopic (exact) mass is 401 g/mol. The Bertz CT molecular complexity index is 363. The molecule has 2 N–H and O–H groups in total. The lowest BCUT2D eigenvalue weighted by Crippen LogP contribution is -2.35. The highest BCUT2D eigenvalue weighted by atomic mass is 32.1. The van der Waals surface area contributed by atoms with E-state index in [-0.39, 0.29) is 5.75 Å². The van der Waals surface area contributed by atoms with Gasteiger partial charge in [0.25, 0.3) is 0 Å². The van der Waals surface area contributed by atoms with Gasteiger partial charge in [0.05, 0.1) is 0 Å². The van der Waals surface area contributed by atoms with Gasteiger partial charge in [-0.05, 0) is 6.42 Å². The van der Waals surface area contributed by atoms with E-state index < -0.39 is 18.0 Å². The van der Waals surface area contributed by atoms with Crippen LogP contribution in [0.1, 0.15) is 116 Å². The first-order valence-electron chi connectivity index (χ1n) is 11.2. The highest BCUT2D eigenvalue weighted by Gasteiger charge is 2.16. The first-order valence-corrected chi connectivity index (χ1v) is 11.9. The topological polar surface area (TPSA) is 69.4 Å². The molecule has 4 nitrogen and oxygen atoms in total. The zero-order chi connectivity index (χ0) is 20.2. The third kappa shape index (κ3) is 18.6. The smallest absolute Gasteiger partial charge is 0.331 e. The summed E-state index contributed by atoms with van der Waals surface area (Å²) >= 11 is 3.91. The highest BCUT2D eigenvalue weighted by molar-refractivity contribution is 7.80. The summed E-state index contributed by atoms with van der Waals surface area (Å²) in [5, 5.41) is 0. The van der Waals surface area contributed by atoms with Crippen molar-refractivity contribution in [1.82, 2.24) is 0 Å². The van der Waals surface area contributed by atoms with Gasteiger partial charge in [0, 0.05) is 12.2 Å². The number of carbonyl (C=O) groups is 2. The van der Waals surface area contributed by atoms with Gasteiger partial charge in [0.15, 0.2) is 0 Å². The molecule has 0 aliphatic heterocycles. The molecular weight excluding hydrogens is 358 g/mol. The standard InChI is InChI=1S/C22H43NO3S/c1-2-3-4-5-6-7-8-9-10-11-12-13-14-15-16-17-18-21(24)26-22(25)20(23)19-27/h20,27H,2-19,23H2,1H3/t20-/m0/s1. The van der Waals surface area contributed by atoms with Crippen LogP contribution in [0, 0.1) is 0 Å². The van der Waals surface area contributed by atoms with E-state index in [1.165, 1.54) is 83.5 Å². The van der Waals surface area contributed by atoms with Crippen LogP contribution in [0.25, 0.3) is 0 Å². The fourth-order valence-corrected chi connectivity index (χ4v) is 3.28. The van der Waals surface area contributed by atoms with E-state index in [9.17, 15) is 9.59 Å². The molecule has 0 aromatic carbocycles. The molecular formula is C22H43NO3S. The first-order chi connectivity index (χ1) is 13.1. The van der Waals surface area contributed by atoms with E-state index in [1.54, 1.807) is 0 Å². The second-order valence-corrected chi connectivity index (χ2v) is 8.00. The minimum absolute atomic E-state index is 0.186. The van der Waals surface area contributed by atoms with Crippen LogP contribution in [0.2, 0.25) is 0 Å². The van der Waals surface area contributed by atoms with Crippen LogP contribution in [0.5, 0.6) is 0 Å². The van der Waals surface area contributed by atoms with Crippen molar-refractivity contribution in [3.05, 3.63) is 0 Å². The minimum atomic E-state index is -0.817. The van der Waals surface area contributed by atoms with Crippen LogP contribution < -0.4 is 5.73 Å². The summed E-state index contributed by atoms with van der Waals surface area (Å²) in [7, 11) is 0. The third-order valence-corrected chi connectivity index (χ3v) is 5.34. The predicted octanol–water partition coefficient (Wildman–Crippen LogP) is 5.96. The van der Waals surface area contributed by atoms with Crippen LogP contribution in [0.4, 0.5) is 0 Å². The van der Waals surface area contributed by atoms with Crippen molar-refractivity contribution in [2.45, 2.75) is 122 Å². The molecule has 5 heteroatoms. The second-order valence-electron chi connectivity index (χ2n) is 7.64. The highest BCUT2D eigenvalue weighted by Crippen LogP contribution is 2.14. The summed E-state index contributed by atoms with van der Waals surface area (Å²) in [5.41, 5.74) is 5.45. The van der Waals surface area contributed by atoms with Crippen molar-refractivity contribution >= 4 is 24.6 Å². The Morgan fingerprint density at radius 2 is 1.11 bits per heavy atom. The number of esters is 2. The average molecular weight is 402 g/mol. The molecule has 1 atom stereocenters. The average Bonchev–Trinajstić information content (AvgIpc) is 2.66. The number of nitrogens with two attached hydrogens (primary N) is 1. The van der Waals surface area contributed by atoms with Crippen molar-refractivity contribution in [2.24, 2.45) is 5.73 Å². The van der Waals surface area contributed by atoms with Crippen molar-refractivity contribution in [3.8, 4) is 0 Å². The van der Waals surface area contributed by atoms with Crippen molar-refractivity contribution in [1.29, 1.82) is 0 Å². The van der Waals surface area contributed by atoms with Gasteiger partial charge in [-0.15, -0.1) is 0 Å². The molecule has 27 heavy (non-hydrogen) atoms. The van der Waals surface area contributed by atoms with Crippen LogP contribution in [-0.4, -0.2) is 23.7 Å². The molecule has 0 heterocycles. The molecule has 0 fully saturated rings. The molecule has 0 bridgehead atoms. The Labute approximate surface area is 172 Å². The fourth-order valence-electron chi connectivity index (χ4n) is 3.13. The molecule has 0 saturated heterocycles. The van der Waals surface area contributed by atoms with E-state index in [4.69, 9.17) is 5.73 Å². The molecule has 0 radical (unpaired) electrons. The van der Waals surface area contributed by atoms with Crippen LogP contribution in [0.3, 0.4) is 0 Å². The molecule has 0 aromatic rings. The Kier molecular flexibility index (Phi) is 19.8. The van der Waals surface area contributed by atoms with Crippen LogP contribution in [0.15, 0.2) is 0 Å². The maximum absolute atomic E-state index is 11.5. The summed E-state index contributed by atoms with van der Waals surface area (Å²) in [4.78, 5) is 22.8. The lowest BCUT2D eigenvalue weighted by Gasteiger charge is -2.07. The summed E-state index contributed by atoms with van der Waals surface area (Å²) in [6.45, 7) is 2.27. The third-order valence-electron chi connectivity index (χ3n) is 4.95. The van der Waals surface area contributed by atoms with Gasteiger partial charge in [-0.25, -0.2) is 4.79 Å². The Morgan fingerprint density at radius 3 is 1.48 bits per heavy atom. The number of thiol groups is 1. The Hall–Kier alpha value is -0.550. The maximum atomic E-state index is 11.5. The van der Waals surface area contributed by atoms with Gasteiger partial charge < -0.3 is 10.5 Å². The molecule has 0 aliphatic carbocycles. The molecule has 160 valence electrons. The molecule has 0 saturated carbocycles. The van der Waals surface area contributed by atoms with Gasteiger partial charge in [-0.2, -0.15) is 12.6 Å². The summed E-state index contributed by atoms with van der Waals surface area (Å²) in [5.74, 6) is -0.959. The molecule has 0 aliphatic rings. The number of rotatable bonds is 19. The quantitative estimate of drug-likeness (QED) is 0.121. The van der Waals surface area contributed by atoms with Crippen LogP contribution >= 0.6 is 12.6 Å². The van der Waals surface area contributed by atoms with Gasteiger partial charge in [-0.3, -0.25) is 4.79 Å². The van der Waals surface area contributed by atoms with E-state index in [0.717, 1.165) is 19.3 Å². The fraction of sp³-hybridized carbons (Fsp3) is 0.909. The summed E-state index contributed by atoms with van der Waals surface area (Å²) in [6, 6.07) is -0.817. The maximum Gasteiger partial charge on any atom is 0.331 e. The zero-order valence-electron chi connectivity index (χ0n) is 17.6. The van der Waals surface area contributed by atoms with E-state index in [0.29, 0.717) is 6.42 Å². The second kappa shape index (κ2) is 20.2. The number of ether oxygens (including phenoxy) is 1. The molecule has 0 rings (SSSR count). The van der Waals surface area contributed by atoms with Crippen molar-refractivity contribution < 1.29 is 14.3 Å². The van der Waals surface area contributed by atoms with Crippen LogP contribution in [-0.2, 0) is 14.3 Å². The van der Waals surface area contributed by atoms with Crippen molar-refractivity contribution in [2.75, 3.05) is 5.75 Å². The molecule has 0 aromatic heterocycles. The van der Waals surface area contributed by atoms with E-state index >= 15 is 0 Å². The Balaban J connectivity index is 3.23. The molecule has 0 spiro atoms. The number of hydrogen-bond donors (Lipinski definition) is 2. The van der Waals surface area contributed by atoms with E-state index in [2.05, 4.69) is 24.3 Å². The number of carbonyl (C=O) groups excluding carboxylic acids is 2. The molecule has 0 amide bonds. The van der Waals surface area contributed by atoms with Gasteiger partial charge in [0.1, 0.15) is 6.04 Å². The number of hydrogen-bond acceptors (Lipinski definition) is 5. The van der Waals surface area contributed by atoms with E-state index in [1.807, 2.05) is 0 Å². The Morgan fingerprint density at radius 1 is 0.741 bits per heavy atom. The first kappa shape index (κ1) is 26.4. The largest absolute Gasteiger partial charge is 0.392 e. The summed E-state index contributed by atoms with van der Waals surface area (Å²) in [6.07, 6.45) is 21.0. The number of unbranched alkanes of at least 4 members (excludes halogenated alkanes) is 15. The lowest BCUT2D eigenvalue weighted by atomic mass is 10.0.